The van der Waals surface area contributed by atoms with Crippen LogP contribution in [0, 0.1) is 12.8 Å². The zero-order chi connectivity index (χ0) is 10.3. The Bertz CT molecular complexity index is 380. The van der Waals surface area contributed by atoms with E-state index in [1.807, 2.05) is 25.1 Å². The number of benzene rings is 1. The van der Waals surface area contributed by atoms with Gasteiger partial charge in [-0.25, -0.2) is 4.79 Å². The van der Waals surface area contributed by atoms with Crippen molar-refractivity contribution in [1.29, 1.82) is 0 Å². The van der Waals surface area contributed by atoms with E-state index >= 15 is 0 Å². The van der Waals surface area contributed by atoms with Gasteiger partial charge >= 0.3 is 5.97 Å². The van der Waals surface area contributed by atoms with Gasteiger partial charge in [-0.2, -0.15) is 0 Å². The summed E-state index contributed by atoms with van der Waals surface area (Å²) in [6, 6.07) is 5.91. The molecule has 0 aromatic heterocycles. The van der Waals surface area contributed by atoms with E-state index < -0.39 is 0 Å². The molecular weight excluding hydrogens is 176 g/mol. The third kappa shape index (κ3) is 1.22. The van der Waals surface area contributed by atoms with Crippen LogP contribution in [0.25, 0.3) is 0 Å². The van der Waals surface area contributed by atoms with E-state index in [2.05, 4.69) is 13.8 Å². The van der Waals surface area contributed by atoms with E-state index in [1.54, 1.807) is 0 Å². The van der Waals surface area contributed by atoms with Crippen LogP contribution in [-0.2, 0) is 4.74 Å². The summed E-state index contributed by atoms with van der Waals surface area (Å²) < 4.78 is 5.34. The number of hydrogen-bond acceptors (Lipinski definition) is 2. The summed E-state index contributed by atoms with van der Waals surface area (Å²) in [7, 11) is 0. The van der Waals surface area contributed by atoms with Crippen LogP contribution in [0.2, 0.25) is 0 Å². The number of rotatable bonds is 1. The summed E-state index contributed by atoms with van der Waals surface area (Å²) in [5, 5.41) is 0. The van der Waals surface area contributed by atoms with Gasteiger partial charge in [0, 0.05) is 5.56 Å². The van der Waals surface area contributed by atoms with Gasteiger partial charge in [-0.15, -0.1) is 0 Å². The van der Waals surface area contributed by atoms with Crippen molar-refractivity contribution in [2.75, 3.05) is 0 Å². The van der Waals surface area contributed by atoms with Crippen molar-refractivity contribution < 1.29 is 9.53 Å². The summed E-state index contributed by atoms with van der Waals surface area (Å²) in [5.74, 6) is 0.166. The molecule has 1 aliphatic heterocycles. The second-order valence-electron chi connectivity index (χ2n) is 4.11. The summed E-state index contributed by atoms with van der Waals surface area (Å²) in [6.07, 6.45) is -0.0580. The Morgan fingerprint density at radius 2 is 2.07 bits per heavy atom. The maximum Gasteiger partial charge on any atom is 0.339 e. The SMILES string of the molecule is Cc1cccc2c1C(=O)O[C@@H]2C(C)C. The highest BCUT2D eigenvalue weighted by Crippen LogP contribution is 2.36. The van der Waals surface area contributed by atoms with Gasteiger partial charge < -0.3 is 4.74 Å². The lowest BCUT2D eigenvalue weighted by Gasteiger charge is -2.14. The van der Waals surface area contributed by atoms with Crippen molar-refractivity contribution in [3.8, 4) is 0 Å². The molecule has 74 valence electrons. The summed E-state index contributed by atoms with van der Waals surface area (Å²) in [5.41, 5.74) is 2.83. The van der Waals surface area contributed by atoms with Crippen molar-refractivity contribution in [1.82, 2.24) is 0 Å². The molecule has 0 fully saturated rings. The van der Waals surface area contributed by atoms with Crippen LogP contribution in [0.5, 0.6) is 0 Å². The monoisotopic (exact) mass is 190 g/mol. The molecule has 1 aliphatic rings. The first-order valence-corrected chi connectivity index (χ1v) is 4.91. The van der Waals surface area contributed by atoms with Crippen molar-refractivity contribution in [2.45, 2.75) is 26.9 Å². The Morgan fingerprint density at radius 3 is 2.71 bits per heavy atom. The van der Waals surface area contributed by atoms with E-state index in [9.17, 15) is 4.79 Å². The van der Waals surface area contributed by atoms with E-state index in [-0.39, 0.29) is 12.1 Å². The minimum absolute atomic E-state index is 0.0580. The maximum atomic E-state index is 11.6. The van der Waals surface area contributed by atoms with Gasteiger partial charge in [-0.05, 0) is 18.4 Å². The molecule has 0 aliphatic carbocycles. The third-order valence-corrected chi connectivity index (χ3v) is 2.66. The first-order valence-electron chi connectivity index (χ1n) is 4.91. The van der Waals surface area contributed by atoms with Gasteiger partial charge in [0.1, 0.15) is 6.10 Å². The van der Waals surface area contributed by atoms with Crippen molar-refractivity contribution >= 4 is 5.97 Å². The molecule has 2 rings (SSSR count). The van der Waals surface area contributed by atoms with Crippen LogP contribution in [0.15, 0.2) is 18.2 Å². The van der Waals surface area contributed by atoms with Gasteiger partial charge in [0.05, 0.1) is 5.56 Å². The van der Waals surface area contributed by atoms with Crippen LogP contribution in [0.1, 0.15) is 41.4 Å². The molecule has 1 heterocycles. The second kappa shape index (κ2) is 3.12. The molecule has 2 heteroatoms. The summed E-state index contributed by atoms with van der Waals surface area (Å²) >= 11 is 0. The smallest absolute Gasteiger partial charge is 0.339 e. The molecule has 0 radical (unpaired) electrons. The van der Waals surface area contributed by atoms with E-state index in [0.717, 1.165) is 16.7 Å². The minimum Gasteiger partial charge on any atom is -0.454 e. The van der Waals surface area contributed by atoms with E-state index in [0.29, 0.717) is 5.92 Å². The number of carbonyl (C=O) groups excluding carboxylic acids is 1. The topological polar surface area (TPSA) is 26.3 Å². The zero-order valence-electron chi connectivity index (χ0n) is 8.70. The molecule has 1 atom stereocenters. The third-order valence-electron chi connectivity index (χ3n) is 2.66. The summed E-state index contributed by atoms with van der Waals surface area (Å²) in [4.78, 5) is 11.6. The highest BCUT2D eigenvalue weighted by atomic mass is 16.5. The lowest BCUT2D eigenvalue weighted by molar-refractivity contribution is 0.0279. The average Bonchev–Trinajstić information content (AvgIpc) is 2.45. The normalized spacial score (nSPS) is 19.7. The largest absolute Gasteiger partial charge is 0.454 e. The maximum absolute atomic E-state index is 11.6. The van der Waals surface area contributed by atoms with Crippen molar-refractivity contribution in [3.05, 3.63) is 34.9 Å². The molecule has 0 saturated heterocycles. The number of fused-ring (bicyclic) bond motifs is 1. The van der Waals surface area contributed by atoms with Crippen LogP contribution < -0.4 is 0 Å². The van der Waals surface area contributed by atoms with E-state index in [1.165, 1.54) is 0 Å². The number of hydrogen-bond donors (Lipinski definition) is 0. The molecule has 1 aromatic rings. The van der Waals surface area contributed by atoms with Crippen LogP contribution in [0.4, 0.5) is 0 Å². The molecule has 0 amide bonds. The molecule has 0 saturated carbocycles. The van der Waals surface area contributed by atoms with Gasteiger partial charge in [0.15, 0.2) is 0 Å². The molecule has 0 N–H and O–H groups in total. The van der Waals surface area contributed by atoms with Crippen molar-refractivity contribution in [3.63, 3.8) is 0 Å². The molecule has 0 unspecified atom stereocenters. The Balaban J connectivity index is 2.55. The Kier molecular flexibility index (Phi) is 2.06. The molecule has 2 nitrogen and oxygen atoms in total. The summed E-state index contributed by atoms with van der Waals surface area (Å²) in [6.45, 7) is 6.08. The Labute approximate surface area is 83.9 Å². The van der Waals surface area contributed by atoms with Gasteiger partial charge in [-0.1, -0.05) is 32.0 Å². The molecule has 0 bridgehead atoms. The lowest BCUT2D eigenvalue weighted by atomic mass is 9.95. The highest BCUT2D eigenvalue weighted by molar-refractivity contribution is 5.95. The quantitative estimate of drug-likeness (QED) is 0.636. The lowest BCUT2D eigenvalue weighted by Crippen LogP contribution is -2.05. The standard InChI is InChI=1S/C12H14O2/c1-7(2)11-9-6-4-5-8(3)10(9)12(13)14-11/h4-7,11H,1-3H3/t11-/m1/s1. The fraction of sp³-hybridized carbons (Fsp3) is 0.417. The van der Waals surface area contributed by atoms with Gasteiger partial charge in [-0.3, -0.25) is 0 Å². The van der Waals surface area contributed by atoms with Crippen LogP contribution in [0.3, 0.4) is 0 Å². The first kappa shape index (κ1) is 9.25. The van der Waals surface area contributed by atoms with Gasteiger partial charge in [0.25, 0.3) is 0 Å². The molecule has 0 spiro atoms. The second-order valence-corrected chi connectivity index (χ2v) is 4.11. The highest BCUT2D eigenvalue weighted by Gasteiger charge is 2.33. The molecular formula is C12H14O2. The molecule has 1 aromatic carbocycles. The van der Waals surface area contributed by atoms with E-state index in [4.69, 9.17) is 4.74 Å². The molecule has 14 heavy (non-hydrogen) atoms. The fourth-order valence-electron chi connectivity index (χ4n) is 1.94. The number of carbonyl (C=O) groups is 1. The fourth-order valence-corrected chi connectivity index (χ4v) is 1.94. The zero-order valence-corrected chi connectivity index (χ0v) is 8.70. The van der Waals surface area contributed by atoms with Crippen LogP contribution >= 0.6 is 0 Å². The van der Waals surface area contributed by atoms with Crippen LogP contribution in [-0.4, -0.2) is 5.97 Å². The Hall–Kier alpha value is -1.31. The van der Waals surface area contributed by atoms with Crippen molar-refractivity contribution in [2.24, 2.45) is 5.92 Å². The average molecular weight is 190 g/mol. The number of esters is 1. The number of ether oxygens (including phenoxy) is 1. The predicted molar refractivity (Wildman–Crippen MR) is 54.2 cm³/mol. The predicted octanol–water partition coefficient (Wildman–Crippen LogP) is 2.86. The first-order chi connectivity index (χ1) is 6.61. The minimum atomic E-state index is -0.170. The Morgan fingerprint density at radius 1 is 1.36 bits per heavy atom. The van der Waals surface area contributed by atoms with Gasteiger partial charge in [0.2, 0.25) is 0 Å². The number of aryl methyl sites for hydroxylation is 1. The number of cyclic esters (lactones) is 1.